The Morgan fingerprint density at radius 2 is 2.27 bits per heavy atom. The third kappa shape index (κ3) is 4.61. The quantitative estimate of drug-likeness (QED) is 0.666. The summed E-state index contributed by atoms with van der Waals surface area (Å²) in [5.74, 6) is 0.672. The third-order valence-corrected chi connectivity index (χ3v) is 1.95. The van der Waals surface area contributed by atoms with Gasteiger partial charge < -0.3 is 9.64 Å². The van der Waals surface area contributed by atoms with Crippen LogP contribution in [0.15, 0.2) is 24.8 Å². The molecule has 0 aliphatic carbocycles. The molecule has 0 saturated carbocycles. The molecule has 15 heavy (non-hydrogen) atoms. The highest BCUT2D eigenvalue weighted by Gasteiger charge is 1.96. The molecule has 0 aliphatic rings. The minimum atomic E-state index is 0.672. The second-order valence-electron chi connectivity index (χ2n) is 3.61. The van der Waals surface area contributed by atoms with Crippen molar-refractivity contribution in [1.82, 2.24) is 9.88 Å². The summed E-state index contributed by atoms with van der Waals surface area (Å²) in [6.45, 7) is 5.40. The predicted molar refractivity (Wildman–Crippen MR) is 63.0 cm³/mol. The third-order valence-electron chi connectivity index (χ3n) is 1.95. The van der Waals surface area contributed by atoms with E-state index in [0.717, 1.165) is 18.7 Å². The van der Waals surface area contributed by atoms with Crippen LogP contribution in [0, 0.1) is 0 Å². The van der Waals surface area contributed by atoms with Crippen molar-refractivity contribution >= 4 is 6.08 Å². The average Bonchev–Trinajstić information content (AvgIpc) is 2.24. The molecule has 1 aromatic heterocycles. The van der Waals surface area contributed by atoms with E-state index in [1.807, 2.05) is 18.2 Å². The Labute approximate surface area is 91.4 Å². The summed E-state index contributed by atoms with van der Waals surface area (Å²) in [5.41, 5.74) is 0.847. The van der Waals surface area contributed by atoms with Gasteiger partial charge in [0.25, 0.3) is 0 Å². The molecule has 0 spiro atoms. The number of aromatic nitrogens is 1. The second kappa shape index (κ2) is 6.19. The zero-order chi connectivity index (χ0) is 11.1. The summed E-state index contributed by atoms with van der Waals surface area (Å²) in [6, 6.07) is 5.69. The fraction of sp³-hybridized carbons (Fsp3) is 0.417. The number of hydrogen-bond donors (Lipinski definition) is 0. The van der Waals surface area contributed by atoms with Crippen LogP contribution in [0.3, 0.4) is 0 Å². The van der Waals surface area contributed by atoms with E-state index in [2.05, 4.69) is 30.6 Å². The first kappa shape index (κ1) is 11.7. The lowest BCUT2D eigenvalue weighted by Crippen LogP contribution is -2.15. The Bertz CT molecular complexity index is 310. The highest BCUT2D eigenvalue weighted by molar-refractivity contribution is 5.42. The molecule has 0 aliphatic heterocycles. The first-order valence-electron chi connectivity index (χ1n) is 5.09. The number of hydrogen-bond acceptors (Lipinski definition) is 3. The van der Waals surface area contributed by atoms with E-state index >= 15 is 0 Å². The van der Waals surface area contributed by atoms with Gasteiger partial charge in [-0.1, -0.05) is 12.6 Å². The molecule has 1 rings (SSSR count). The molecule has 0 amide bonds. The summed E-state index contributed by atoms with van der Waals surface area (Å²) in [7, 11) is 4.10. The fourth-order valence-corrected chi connectivity index (χ4v) is 1.18. The van der Waals surface area contributed by atoms with E-state index in [9.17, 15) is 0 Å². The van der Waals surface area contributed by atoms with Crippen molar-refractivity contribution in [3.05, 3.63) is 30.5 Å². The van der Waals surface area contributed by atoms with Crippen molar-refractivity contribution in [3.63, 3.8) is 0 Å². The minimum absolute atomic E-state index is 0.672. The van der Waals surface area contributed by atoms with Crippen LogP contribution >= 0.6 is 0 Å². The highest BCUT2D eigenvalue weighted by atomic mass is 16.5. The van der Waals surface area contributed by atoms with Gasteiger partial charge in [-0.05, 0) is 32.7 Å². The lowest BCUT2D eigenvalue weighted by molar-refractivity contribution is 0.273. The van der Waals surface area contributed by atoms with Crippen LogP contribution < -0.4 is 4.74 Å². The number of nitrogens with zero attached hydrogens (tertiary/aromatic N) is 2. The van der Waals surface area contributed by atoms with Crippen LogP contribution in [0.4, 0.5) is 0 Å². The largest absolute Gasteiger partial charge is 0.478 e. The van der Waals surface area contributed by atoms with Crippen LogP contribution in [-0.4, -0.2) is 37.1 Å². The average molecular weight is 206 g/mol. The van der Waals surface area contributed by atoms with Gasteiger partial charge in [-0.15, -0.1) is 0 Å². The molecular formula is C12H18N2O. The van der Waals surface area contributed by atoms with Gasteiger partial charge in [-0.25, -0.2) is 4.98 Å². The fourth-order valence-electron chi connectivity index (χ4n) is 1.18. The molecule has 0 radical (unpaired) electrons. The van der Waals surface area contributed by atoms with Crippen molar-refractivity contribution in [3.8, 4) is 5.88 Å². The molecule has 82 valence electrons. The molecular weight excluding hydrogens is 188 g/mol. The van der Waals surface area contributed by atoms with Crippen molar-refractivity contribution in [1.29, 1.82) is 0 Å². The lowest BCUT2D eigenvalue weighted by Gasteiger charge is -2.09. The molecule has 0 saturated heterocycles. The molecule has 0 fully saturated rings. The lowest BCUT2D eigenvalue weighted by atomic mass is 10.3. The summed E-state index contributed by atoms with van der Waals surface area (Å²) in [6.07, 6.45) is 2.72. The second-order valence-corrected chi connectivity index (χ2v) is 3.61. The summed E-state index contributed by atoms with van der Waals surface area (Å²) >= 11 is 0. The first-order chi connectivity index (χ1) is 7.22. The van der Waals surface area contributed by atoms with E-state index in [-0.39, 0.29) is 0 Å². The van der Waals surface area contributed by atoms with Gasteiger partial charge in [-0.3, -0.25) is 0 Å². The van der Waals surface area contributed by atoms with Gasteiger partial charge >= 0.3 is 0 Å². The molecule has 0 aromatic carbocycles. The minimum Gasteiger partial charge on any atom is -0.478 e. The predicted octanol–water partition coefficient (Wildman–Crippen LogP) is 2.06. The van der Waals surface area contributed by atoms with Crippen molar-refractivity contribution < 1.29 is 4.74 Å². The Hall–Kier alpha value is -1.35. The number of rotatable bonds is 6. The summed E-state index contributed by atoms with van der Waals surface area (Å²) in [4.78, 5) is 6.39. The Balaban J connectivity index is 2.34. The van der Waals surface area contributed by atoms with Crippen molar-refractivity contribution in [2.45, 2.75) is 6.42 Å². The topological polar surface area (TPSA) is 25.4 Å². The van der Waals surface area contributed by atoms with Crippen LogP contribution in [0.25, 0.3) is 6.08 Å². The van der Waals surface area contributed by atoms with Crippen molar-refractivity contribution in [2.24, 2.45) is 0 Å². The SMILES string of the molecule is C=Cc1cccc(OCCCN(C)C)n1. The van der Waals surface area contributed by atoms with Gasteiger partial charge in [0.15, 0.2) is 0 Å². The van der Waals surface area contributed by atoms with Crippen LogP contribution in [0.2, 0.25) is 0 Å². The molecule has 1 aromatic rings. The zero-order valence-electron chi connectivity index (χ0n) is 9.44. The van der Waals surface area contributed by atoms with E-state index < -0.39 is 0 Å². The smallest absolute Gasteiger partial charge is 0.213 e. The summed E-state index contributed by atoms with van der Waals surface area (Å²) in [5, 5.41) is 0. The normalized spacial score (nSPS) is 10.3. The van der Waals surface area contributed by atoms with Gasteiger partial charge in [-0.2, -0.15) is 0 Å². The molecule has 0 bridgehead atoms. The maximum atomic E-state index is 5.51. The maximum Gasteiger partial charge on any atom is 0.213 e. The van der Waals surface area contributed by atoms with Gasteiger partial charge in [0, 0.05) is 12.6 Å². The molecule has 1 heterocycles. The van der Waals surface area contributed by atoms with E-state index in [1.54, 1.807) is 6.08 Å². The summed E-state index contributed by atoms with van der Waals surface area (Å²) < 4.78 is 5.51. The van der Waals surface area contributed by atoms with Gasteiger partial charge in [0.1, 0.15) is 0 Å². The van der Waals surface area contributed by atoms with Crippen molar-refractivity contribution in [2.75, 3.05) is 27.2 Å². The van der Waals surface area contributed by atoms with Crippen LogP contribution in [0.5, 0.6) is 5.88 Å². The van der Waals surface area contributed by atoms with Gasteiger partial charge in [0.2, 0.25) is 5.88 Å². The Morgan fingerprint density at radius 1 is 1.47 bits per heavy atom. The van der Waals surface area contributed by atoms with E-state index in [4.69, 9.17) is 4.74 Å². The Morgan fingerprint density at radius 3 is 2.93 bits per heavy atom. The number of pyridine rings is 1. The van der Waals surface area contributed by atoms with Crippen LogP contribution in [0.1, 0.15) is 12.1 Å². The van der Waals surface area contributed by atoms with E-state index in [1.165, 1.54) is 0 Å². The zero-order valence-corrected chi connectivity index (χ0v) is 9.44. The highest BCUT2D eigenvalue weighted by Crippen LogP contribution is 2.08. The van der Waals surface area contributed by atoms with Crippen LogP contribution in [-0.2, 0) is 0 Å². The van der Waals surface area contributed by atoms with Gasteiger partial charge in [0.05, 0.1) is 12.3 Å². The molecule has 3 heteroatoms. The maximum absolute atomic E-state index is 5.51. The van der Waals surface area contributed by atoms with E-state index in [0.29, 0.717) is 12.5 Å². The molecule has 0 unspecified atom stereocenters. The molecule has 3 nitrogen and oxygen atoms in total. The monoisotopic (exact) mass is 206 g/mol. The standard InChI is InChI=1S/C12H18N2O/c1-4-11-7-5-8-12(13-11)15-10-6-9-14(2)3/h4-5,7-8H,1,6,9-10H2,2-3H3. The Kier molecular flexibility index (Phi) is 4.84. The number of ether oxygens (including phenoxy) is 1. The molecule has 0 N–H and O–H groups in total. The first-order valence-corrected chi connectivity index (χ1v) is 5.09. The molecule has 0 atom stereocenters.